The fraction of sp³-hybridized carbons (Fsp3) is 0.381. The average molecular weight is 395 g/mol. The summed E-state index contributed by atoms with van der Waals surface area (Å²) in [4.78, 5) is 13.8. The van der Waals surface area contributed by atoms with Crippen LogP contribution in [0.3, 0.4) is 0 Å². The molecule has 2 aliphatic rings. The minimum absolute atomic E-state index is 0.0151. The Morgan fingerprint density at radius 2 is 1.57 bits per heavy atom. The van der Waals surface area contributed by atoms with E-state index in [-0.39, 0.29) is 22.9 Å². The second-order valence-corrected chi connectivity index (χ2v) is 7.79. The van der Waals surface area contributed by atoms with Crippen LogP contribution in [0.5, 0.6) is 0 Å². The van der Waals surface area contributed by atoms with Crippen LogP contribution in [0.25, 0.3) is 11.1 Å². The van der Waals surface area contributed by atoms with Crippen LogP contribution >= 0.6 is 0 Å². The van der Waals surface area contributed by atoms with E-state index in [2.05, 4.69) is 6.92 Å². The molecule has 1 heterocycles. The van der Waals surface area contributed by atoms with Crippen molar-refractivity contribution < 1.29 is 26.7 Å². The van der Waals surface area contributed by atoms with Crippen LogP contribution < -0.4 is 0 Å². The fourth-order valence-electron chi connectivity index (χ4n) is 4.80. The maximum atomic E-state index is 14.2. The Kier molecular flexibility index (Phi) is 4.25. The minimum atomic E-state index is -2.16. The number of carbonyl (C=O) groups is 1. The maximum Gasteiger partial charge on any atom is 0.222 e. The highest BCUT2D eigenvalue weighted by Gasteiger charge is 2.46. The number of hydrogen-bond donors (Lipinski definition) is 0. The summed E-state index contributed by atoms with van der Waals surface area (Å²) in [5.41, 5.74) is 0.487. The molecule has 1 aliphatic carbocycles. The van der Waals surface area contributed by atoms with Gasteiger partial charge in [0.1, 0.15) is 0 Å². The highest BCUT2D eigenvalue weighted by atomic mass is 19.2. The summed E-state index contributed by atoms with van der Waals surface area (Å²) in [5.74, 6) is -9.65. The van der Waals surface area contributed by atoms with E-state index in [9.17, 15) is 26.7 Å². The van der Waals surface area contributed by atoms with Crippen molar-refractivity contribution in [1.29, 1.82) is 0 Å². The summed E-state index contributed by atoms with van der Waals surface area (Å²) in [5, 5.41) is 0. The fourth-order valence-corrected chi connectivity index (χ4v) is 4.80. The zero-order valence-corrected chi connectivity index (χ0v) is 15.4. The molecule has 0 aromatic heterocycles. The monoisotopic (exact) mass is 395 g/mol. The van der Waals surface area contributed by atoms with Gasteiger partial charge in [0.2, 0.25) is 11.7 Å². The lowest BCUT2D eigenvalue weighted by molar-refractivity contribution is -0.138. The van der Waals surface area contributed by atoms with E-state index < -0.39 is 34.6 Å². The summed E-state index contributed by atoms with van der Waals surface area (Å²) in [6.07, 6.45) is 2.28. The van der Waals surface area contributed by atoms with Gasteiger partial charge < -0.3 is 4.90 Å². The molecule has 2 atom stereocenters. The Bertz CT molecular complexity index is 976. The summed E-state index contributed by atoms with van der Waals surface area (Å²) in [6.45, 7) is 2.05. The lowest BCUT2D eigenvalue weighted by Crippen LogP contribution is -2.56. The molecule has 0 bridgehead atoms. The largest absolute Gasteiger partial charge is 0.342 e. The predicted molar refractivity (Wildman–Crippen MR) is 93.1 cm³/mol. The Labute approximate surface area is 159 Å². The van der Waals surface area contributed by atoms with Crippen LogP contribution in [-0.2, 0) is 16.6 Å². The first-order valence-electron chi connectivity index (χ1n) is 9.07. The Balaban J connectivity index is 1.84. The number of carbonyl (C=O) groups excluding carboxylic acids is 1. The Morgan fingerprint density at radius 3 is 2.21 bits per heavy atom. The van der Waals surface area contributed by atoms with Crippen LogP contribution in [0.1, 0.15) is 37.3 Å². The molecule has 0 spiro atoms. The van der Waals surface area contributed by atoms with Crippen molar-refractivity contribution in [3.05, 3.63) is 58.4 Å². The maximum absolute atomic E-state index is 14.2. The third-order valence-electron chi connectivity index (χ3n) is 6.36. The molecular formula is C21H18F5NO. The van der Waals surface area contributed by atoms with Gasteiger partial charge >= 0.3 is 0 Å². The van der Waals surface area contributed by atoms with E-state index in [1.807, 2.05) is 0 Å². The topological polar surface area (TPSA) is 20.3 Å². The second kappa shape index (κ2) is 6.29. The molecule has 0 N–H and O–H groups in total. The number of rotatable bonds is 1. The first kappa shape index (κ1) is 18.9. The van der Waals surface area contributed by atoms with E-state index in [1.165, 1.54) is 12.1 Å². The van der Waals surface area contributed by atoms with Crippen molar-refractivity contribution in [2.45, 2.75) is 44.1 Å². The molecule has 0 saturated carbocycles. The molecule has 148 valence electrons. The molecule has 1 amide bonds. The molecule has 28 heavy (non-hydrogen) atoms. The van der Waals surface area contributed by atoms with Gasteiger partial charge in [-0.1, -0.05) is 25.1 Å². The molecule has 0 radical (unpaired) electrons. The molecule has 2 nitrogen and oxygen atoms in total. The first-order valence-corrected chi connectivity index (χ1v) is 9.07. The van der Waals surface area contributed by atoms with Gasteiger partial charge in [-0.2, -0.15) is 0 Å². The number of aryl methyl sites for hydroxylation is 1. The summed E-state index contributed by atoms with van der Waals surface area (Å²) >= 11 is 0. The van der Waals surface area contributed by atoms with Crippen molar-refractivity contribution in [3.63, 3.8) is 0 Å². The van der Waals surface area contributed by atoms with Crippen molar-refractivity contribution >= 4 is 5.91 Å². The number of likely N-dealkylation sites (N-methyl/N-ethyl adjacent to an activating group) is 1. The summed E-state index contributed by atoms with van der Waals surface area (Å²) < 4.78 is 68.9. The molecule has 1 fully saturated rings. The molecule has 2 aromatic rings. The van der Waals surface area contributed by atoms with Crippen molar-refractivity contribution in [2.24, 2.45) is 0 Å². The smallest absolute Gasteiger partial charge is 0.222 e. The lowest BCUT2D eigenvalue weighted by atomic mass is 9.63. The van der Waals surface area contributed by atoms with Gasteiger partial charge in [-0.3, -0.25) is 4.79 Å². The number of likely N-dealkylation sites (tertiary alicyclic amines) is 1. The third kappa shape index (κ3) is 2.48. The standard InChI is InChI=1S/C21H18F5NO/c1-21-8-7-14(28)27(2)13(21)6-4-10-9-11(3-5-12(10)21)15-16(22)18(24)20(26)19(25)17(15)23/h3,5,9,13H,4,6-8H2,1-2H3/t13-,21-/m1/s1. The highest BCUT2D eigenvalue weighted by molar-refractivity contribution is 5.78. The second-order valence-electron chi connectivity index (χ2n) is 7.79. The average Bonchev–Trinajstić information content (AvgIpc) is 2.68. The Hall–Kier alpha value is -2.44. The SMILES string of the molecule is CN1C(=O)CC[C@]2(C)c3ccc(-c4c(F)c(F)c(F)c(F)c4F)cc3CC[C@@H]12. The highest BCUT2D eigenvalue weighted by Crippen LogP contribution is 2.46. The zero-order valence-electron chi connectivity index (χ0n) is 15.4. The van der Waals surface area contributed by atoms with Crippen molar-refractivity contribution in [3.8, 4) is 11.1 Å². The quantitative estimate of drug-likeness (QED) is 0.383. The molecular weight excluding hydrogens is 377 g/mol. The number of halogens is 5. The molecule has 2 aromatic carbocycles. The van der Waals surface area contributed by atoms with Gasteiger partial charge in [-0.15, -0.1) is 0 Å². The lowest BCUT2D eigenvalue weighted by Gasteiger charge is -2.50. The van der Waals surface area contributed by atoms with E-state index in [0.717, 1.165) is 11.1 Å². The Morgan fingerprint density at radius 1 is 0.964 bits per heavy atom. The van der Waals surface area contributed by atoms with E-state index >= 15 is 0 Å². The van der Waals surface area contributed by atoms with Gasteiger partial charge in [0.15, 0.2) is 23.3 Å². The van der Waals surface area contributed by atoms with Crippen molar-refractivity contribution in [2.75, 3.05) is 7.05 Å². The van der Waals surface area contributed by atoms with Gasteiger partial charge in [0, 0.05) is 24.9 Å². The van der Waals surface area contributed by atoms with Gasteiger partial charge in [0.25, 0.3) is 0 Å². The molecule has 1 aliphatic heterocycles. The summed E-state index contributed by atoms with van der Waals surface area (Å²) in [6, 6.07) is 4.60. The predicted octanol–water partition coefficient (Wildman–Crippen LogP) is 4.87. The summed E-state index contributed by atoms with van der Waals surface area (Å²) in [7, 11) is 1.78. The number of piperidine rings is 1. The number of hydrogen-bond acceptors (Lipinski definition) is 1. The van der Waals surface area contributed by atoms with Crippen LogP contribution in [0.15, 0.2) is 18.2 Å². The van der Waals surface area contributed by atoms with Crippen molar-refractivity contribution in [1.82, 2.24) is 4.90 Å². The van der Waals surface area contributed by atoms with E-state index in [4.69, 9.17) is 0 Å². The van der Waals surface area contributed by atoms with Crippen LogP contribution in [-0.4, -0.2) is 23.9 Å². The number of benzene rings is 2. The number of fused-ring (bicyclic) bond motifs is 3. The number of amides is 1. The normalized spacial score (nSPS) is 24.2. The van der Waals surface area contributed by atoms with E-state index in [1.54, 1.807) is 18.0 Å². The minimum Gasteiger partial charge on any atom is -0.342 e. The first-order chi connectivity index (χ1) is 13.2. The third-order valence-corrected chi connectivity index (χ3v) is 6.36. The van der Waals surface area contributed by atoms with Gasteiger partial charge in [-0.05, 0) is 36.0 Å². The zero-order chi connectivity index (χ0) is 20.4. The van der Waals surface area contributed by atoms with Crippen LogP contribution in [0.4, 0.5) is 22.0 Å². The molecule has 0 unspecified atom stereocenters. The van der Waals surface area contributed by atoms with E-state index in [0.29, 0.717) is 25.7 Å². The molecule has 1 saturated heterocycles. The molecule has 7 heteroatoms. The van der Waals surface area contributed by atoms with Gasteiger partial charge in [0.05, 0.1) is 5.56 Å². The van der Waals surface area contributed by atoms with Crippen LogP contribution in [0.2, 0.25) is 0 Å². The van der Waals surface area contributed by atoms with Gasteiger partial charge in [-0.25, -0.2) is 22.0 Å². The number of nitrogens with zero attached hydrogens (tertiary/aromatic N) is 1. The van der Waals surface area contributed by atoms with Crippen LogP contribution in [0, 0.1) is 29.1 Å². The molecule has 4 rings (SSSR count).